The fourth-order valence-corrected chi connectivity index (χ4v) is 2.73. The molecule has 88 valence electrons. The van der Waals surface area contributed by atoms with E-state index in [1.807, 2.05) is 0 Å². The zero-order valence-electron chi connectivity index (χ0n) is 9.82. The normalized spacial score (nSPS) is 35.6. The Kier molecular flexibility index (Phi) is 4.00. The van der Waals surface area contributed by atoms with Gasteiger partial charge in [-0.1, -0.05) is 0 Å². The fourth-order valence-electron chi connectivity index (χ4n) is 2.73. The molecule has 0 aromatic heterocycles. The summed E-state index contributed by atoms with van der Waals surface area (Å²) in [6.07, 6.45) is 4.94. The van der Waals surface area contributed by atoms with Gasteiger partial charge in [-0.2, -0.15) is 0 Å². The van der Waals surface area contributed by atoms with E-state index < -0.39 is 0 Å². The number of piperidine rings is 1. The molecule has 2 saturated heterocycles. The summed E-state index contributed by atoms with van der Waals surface area (Å²) in [5.74, 6) is 0.839. The third-order valence-corrected chi connectivity index (χ3v) is 3.88. The van der Waals surface area contributed by atoms with Gasteiger partial charge in [0.2, 0.25) is 0 Å². The lowest BCUT2D eigenvalue weighted by atomic mass is 9.95. The highest BCUT2D eigenvalue weighted by Crippen LogP contribution is 2.21. The second-order valence-electron chi connectivity index (χ2n) is 5.20. The molecule has 2 fully saturated rings. The molecule has 3 heteroatoms. The molecule has 15 heavy (non-hydrogen) atoms. The van der Waals surface area contributed by atoms with Crippen molar-refractivity contribution in [1.82, 2.24) is 4.90 Å². The van der Waals surface area contributed by atoms with Crippen molar-refractivity contribution in [2.75, 3.05) is 26.3 Å². The van der Waals surface area contributed by atoms with Crippen LogP contribution in [-0.2, 0) is 4.74 Å². The average molecular weight is 212 g/mol. The smallest absolute Gasteiger partial charge is 0.0469 e. The Hall–Kier alpha value is -0.120. The monoisotopic (exact) mass is 212 g/mol. The lowest BCUT2D eigenvalue weighted by Gasteiger charge is -2.39. The van der Waals surface area contributed by atoms with Crippen molar-refractivity contribution in [3.63, 3.8) is 0 Å². The molecule has 2 atom stereocenters. The summed E-state index contributed by atoms with van der Waals surface area (Å²) in [7, 11) is 0. The first-order valence-electron chi connectivity index (χ1n) is 6.33. The highest BCUT2D eigenvalue weighted by Gasteiger charge is 2.26. The summed E-state index contributed by atoms with van der Waals surface area (Å²) in [5, 5.41) is 0. The molecule has 0 spiro atoms. The van der Waals surface area contributed by atoms with E-state index in [-0.39, 0.29) is 0 Å². The van der Waals surface area contributed by atoms with Crippen molar-refractivity contribution in [3.05, 3.63) is 0 Å². The van der Waals surface area contributed by atoms with Crippen LogP contribution in [0, 0.1) is 5.92 Å². The van der Waals surface area contributed by atoms with E-state index in [0.29, 0.717) is 6.04 Å². The molecule has 2 aliphatic heterocycles. The first-order chi connectivity index (χ1) is 7.25. The van der Waals surface area contributed by atoms with Gasteiger partial charge >= 0.3 is 0 Å². The summed E-state index contributed by atoms with van der Waals surface area (Å²) in [4.78, 5) is 2.59. The van der Waals surface area contributed by atoms with Crippen LogP contribution in [0.25, 0.3) is 0 Å². The average Bonchev–Trinajstić information content (AvgIpc) is 2.25. The number of ether oxygens (including phenoxy) is 1. The second-order valence-corrected chi connectivity index (χ2v) is 5.20. The fraction of sp³-hybridized carbons (Fsp3) is 1.00. The molecule has 0 bridgehead atoms. The second kappa shape index (κ2) is 5.28. The molecular formula is C12H24N2O. The molecule has 2 aliphatic rings. The molecule has 0 aliphatic carbocycles. The van der Waals surface area contributed by atoms with Crippen molar-refractivity contribution < 1.29 is 4.74 Å². The lowest BCUT2D eigenvalue weighted by Crippen LogP contribution is -2.49. The van der Waals surface area contributed by atoms with Gasteiger partial charge in [-0.25, -0.2) is 0 Å². The molecule has 2 heterocycles. The predicted molar refractivity (Wildman–Crippen MR) is 61.8 cm³/mol. The highest BCUT2D eigenvalue weighted by atomic mass is 16.5. The quantitative estimate of drug-likeness (QED) is 0.748. The minimum absolute atomic E-state index is 0.404. The summed E-state index contributed by atoms with van der Waals surface area (Å²) < 4.78 is 5.39. The van der Waals surface area contributed by atoms with Gasteiger partial charge in [0.05, 0.1) is 0 Å². The molecule has 0 aromatic carbocycles. The first kappa shape index (κ1) is 11.4. The number of rotatable bonds is 2. The van der Waals surface area contributed by atoms with E-state index in [1.54, 1.807) is 0 Å². The predicted octanol–water partition coefficient (Wildman–Crippen LogP) is 1.22. The van der Waals surface area contributed by atoms with Gasteiger partial charge in [-0.3, -0.25) is 4.90 Å². The first-order valence-corrected chi connectivity index (χ1v) is 6.33. The van der Waals surface area contributed by atoms with Crippen LogP contribution in [0.2, 0.25) is 0 Å². The SMILES string of the molecule is CC1CCC(N)CN1CC1CCOCC1. The molecule has 0 radical (unpaired) electrons. The van der Waals surface area contributed by atoms with E-state index in [9.17, 15) is 0 Å². The number of likely N-dealkylation sites (tertiary alicyclic amines) is 1. The van der Waals surface area contributed by atoms with Crippen LogP contribution in [0.1, 0.15) is 32.6 Å². The van der Waals surface area contributed by atoms with Crippen LogP contribution in [-0.4, -0.2) is 43.3 Å². The topological polar surface area (TPSA) is 38.5 Å². The highest BCUT2D eigenvalue weighted by molar-refractivity contribution is 4.82. The largest absolute Gasteiger partial charge is 0.381 e. The maximum absolute atomic E-state index is 6.03. The van der Waals surface area contributed by atoms with Crippen LogP contribution in [0.5, 0.6) is 0 Å². The standard InChI is InChI=1S/C12H24N2O/c1-10-2-3-12(13)9-14(10)8-11-4-6-15-7-5-11/h10-12H,2-9,13H2,1H3. The molecule has 2 unspecified atom stereocenters. The Bertz CT molecular complexity index is 192. The van der Waals surface area contributed by atoms with Gasteiger partial charge in [-0.15, -0.1) is 0 Å². The zero-order chi connectivity index (χ0) is 10.7. The van der Waals surface area contributed by atoms with Crippen molar-refractivity contribution in [1.29, 1.82) is 0 Å². The Morgan fingerprint density at radius 2 is 1.93 bits per heavy atom. The maximum atomic E-state index is 6.03. The van der Waals surface area contributed by atoms with E-state index in [4.69, 9.17) is 10.5 Å². The van der Waals surface area contributed by atoms with E-state index in [1.165, 1.54) is 32.2 Å². The molecular weight excluding hydrogens is 188 g/mol. The molecule has 0 amide bonds. The molecule has 0 aromatic rings. The van der Waals surface area contributed by atoms with E-state index in [0.717, 1.165) is 31.7 Å². The Morgan fingerprint density at radius 1 is 1.20 bits per heavy atom. The Labute approximate surface area is 93.0 Å². The Morgan fingerprint density at radius 3 is 2.67 bits per heavy atom. The van der Waals surface area contributed by atoms with Crippen LogP contribution < -0.4 is 5.73 Å². The van der Waals surface area contributed by atoms with Gasteiger partial charge in [0.1, 0.15) is 0 Å². The van der Waals surface area contributed by atoms with Crippen molar-refractivity contribution >= 4 is 0 Å². The van der Waals surface area contributed by atoms with Gasteiger partial charge in [0, 0.05) is 38.4 Å². The van der Waals surface area contributed by atoms with Crippen LogP contribution in [0.4, 0.5) is 0 Å². The van der Waals surface area contributed by atoms with Gasteiger partial charge in [-0.05, 0) is 38.5 Å². The van der Waals surface area contributed by atoms with Gasteiger partial charge < -0.3 is 10.5 Å². The van der Waals surface area contributed by atoms with Crippen LogP contribution in [0.3, 0.4) is 0 Å². The minimum Gasteiger partial charge on any atom is -0.381 e. The van der Waals surface area contributed by atoms with Crippen molar-refractivity contribution in [2.24, 2.45) is 11.7 Å². The van der Waals surface area contributed by atoms with Gasteiger partial charge in [0.25, 0.3) is 0 Å². The molecule has 2 N–H and O–H groups in total. The van der Waals surface area contributed by atoms with Gasteiger partial charge in [0.15, 0.2) is 0 Å². The molecule has 0 saturated carbocycles. The minimum atomic E-state index is 0.404. The van der Waals surface area contributed by atoms with E-state index in [2.05, 4.69) is 11.8 Å². The van der Waals surface area contributed by atoms with Crippen LogP contribution >= 0.6 is 0 Å². The Balaban J connectivity index is 1.80. The maximum Gasteiger partial charge on any atom is 0.0469 e. The summed E-state index contributed by atoms with van der Waals surface area (Å²) in [5.41, 5.74) is 6.03. The van der Waals surface area contributed by atoms with Crippen LogP contribution in [0.15, 0.2) is 0 Å². The van der Waals surface area contributed by atoms with Crippen molar-refractivity contribution in [3.8, 4) is 0 Å². The van der Waals surface area contributed by atoms with Crippen molar-refractivity contribution in [2.45, 2.75) is 44.7 Å². The molecule has 2 rings (SSSR count). The van der Waals surface area contributed by atoms with E-state index >= 15 is 0 Å². The third kappa shape index (κ3) is 3.16. The third-order valence-electron chi connectivity index (χ3n) is 3.88. The summed E-state index contributed by atoms with van der Waals surface area (Å²) in [6, 6.07) is 1.13. The number of nitrogens with zero attached hydrogens (tertiary/aromatic N) is 1. The summed E-state index contributed by atoms with van der Waals surface area (Å²) in [6.45, 7) is 6.58. The number of hydrogen-bond donors (Lipinski definition) is 1. The lowest BCUT2D eigenvalue weighted by molar-refractivity contribution is 0.0386. The zero-order valence-corrected chi connectivity index (χ0v) is 9.82. The number of hydrogen-bond acceptors (Lipinski definition) is 3. The number of nitrogens with two attached hydrogens (primary N) is 1. The molecule has 3 nitrogen and oxygen atoms in total. The summed E-state index contributed by atoms with van der Waals surface area (Å²) >= 11 is 0.